The minimum absolute atomic E-state index is 0.0276. The van der Waals surface area contributed by atoms with Crippen molar-refractivity contribution in [2.75, 3.05) is 21.6 Å². The predicted octanol–water partition coefficient (Wildman–Crippen LogP) is 8.19. The molecule has 0 fully saturated rings. The van der Waals surface area contributed by atoms with Crippen LogP contribution in [0.2, 0.25) is 0 Å². The number of methoxy groups -OCH3 is 1. The largest absolute Gasteiger partial charge is 0.497 e. The highest BCUT2D eigenvalue weighted by Crippen LogP contribution is 2.46. The molecule has 11 heteroatoms. The van der Waals surface area contributed by atoms with E-state index in [0.717, 1.165) is 17.2 Å². The standard InChI is InChI=1S/C36H30F3N3O4S/c1-24-12-16-27(17-13-24)42-34(30-10-6-7-11-32(30)36(37,38)39)41(23-25-8-4-3-5-9-25)33-21-20-29(22-31(33)35(42)43)47(44,45)40-26-14-18-28(46-2)19-15-26/h3-22,34,40H,23H2,1-2H3/t34-/m0/s1. The van der Waals surface area contributed by atoms with Crippen LogP contribution in [0.4, 0.5) is 30.2 Å². The first-order valence-corrected chi connectivity index (χ1v) is 16.1. The number of anilines is 3. The highest BCUT2D eigenvalue weighted by Gasteiger charge is 2.44. The zero-order valence-corrected chi connectivity index (χ0v) is 26.2. The highest BCUT2D eigenvalue weighted by atomic mass is 32.2. The summed E-state index contributed by atoms with van der Waals surface area (Å²) < 4.78 is 78.4. The van der Waals surface area contributed by atoms with Gasteiger partial charge in [-0.05, 0) is 73.2 Å². The monoisotopic (exact) mass is 657 g/mol. The van der Waals surface area contributed by atoms with Gasteiger partial charge in [0.2, 0.25) is 0 Å². The zero-order valence-electron chi connectivity index (χ0n) is 25.4. The maximum Gasteiger partial charge on any atom is 0.416 e. The fourth-order valence-corrected chi connectivity index (χ4v) is 6.78. The first-order valence-electron chi connectivity index (χ1n) is 14.6. The van der Waals surface area contributed by atoms with E-state index in [1.807, 2.05) is 37.3 Å². The Hall–Kier alpha value is -5.29. The van der Waals surface area contributed by atoms with E-state index < -0.39 is 33.8 Å². The van der Waals surface area contributed by atoms with Gasteiger partial charge in [0.15, 0.2) is 0 Å². The van der Waals surface area contributed by atoms with Gasteiger partial charge in [0.25, 0.3) is 15.9 Å². The number of benzene rings is 5. The van der Waals surface area contributed by atoms with E-state index in [-0.39, 0.29) is 28.3 Å². The van der Waals surface area contributed by atoms with E-state index in [1.165, 1.54) is 48.4 Å². The van der Waals surface area contributed by atoms with Crippen LogP contribution in [0.15, 0.2) is 126 Å². The van der Waals surface area contributed by atoms with Gasteiger partial charge in [-0.3, -0.25) is 14.4 Å². The number of fused-ring (bicyclic) bond motifs is 1. The number of halogens is 3. The van der Waals surface area contributed by atoms with Crippen molar-refractivity contribution in [1.82, 2.24) is 0 Å². The Bertz CT molecular complexity index is 2020. The van der Waals surface area contributed by atoms with Crippen LogP contribution in [0.5, 0.6) is 5.75 Å². The normalized spacial score (nSPS) is 14.9. The first kappa shape index (κ1) is 31.7. The van der Waals surface area contributed by atoms with E-state index >= 15 is 0 Å². The molecule has 1 atom stereocenters. The second-order valence-corrected chi connectivity index (χ2v) is 12.8. The lowest BCUT2D eigenvalue weighted by Crippen LogP contribution is -2.50. The molecule has 1 N–H and O–H groups in total. The fraction of sp³-hybridized carbons (Fsp3) is 0.139. The number of rotatable bonds is 8. The third-order valence-corrected chi connectivity index (χ3v) is 9.35. The van der Waals surface area contributed by atoms with Crippen LogP contribution in [-0.4, -0.2) is 21.4 Å². The minimum Gasteiger partial charge on any atom is -0.497 e. The number of nitrogens with one attached hydrogen (secondary N) is 1. The molecule has 1 amide bonds. The second-order valence-electron chi connectivity index (χ2n) is 11.1. The molecule has 0 bridgehead atoms. The maximum atomic E-state index is 14.5. The summed E-state index contributed by atoms with van der Waals surface area (Å²) in [5.41, 5.74) is 1.65. The van der Waals surface area contributed by atoms with Gasteiger partial charge in [-0.1, -0.05) is 66.2 Å². The van der Waals surface area contributed by atoms with Crippen LogP contribution in [0.3, 0.4) is 0 Å². The van der Waals surface area contributed by atoms with E-state index in [4.69, 9.17) is 4.74 Å². The van der Waals surface area contributed by atoms with Gasteiger partial charge >= 0.3 is 6.18 Å². The van der Waals surface area contributed by atoms with Crippen molar-refractivity contribution < 1.29 is 31.1 Å². The summed E-state index contributed by atoms with van der Waals surface area (Å²) in [5.74, 6) is -0.0969. The summed E-state index contributed by atoms with van der Waals surface area (Å²) in [6.45, 7) is 1.98. The molecule has 6 rings (SSSR count). The van der Waals surface area contributed by atoms with Crippen molar-refractivity contribution in [3.63, 3.8) is 0 Å². The van der Waals surface area contributed by atoms with E-state index in [1.54, 1.807) is 53.4 Å². The molecular weight excluding hydrogens is 627 g/mol. The molecule has 5 aromatic rings. The Morgan fingerprint density at radius 3 is 2.15 bits per heavy atom. The van der Waals surface area contributed by atoms with E-state index in [0.29, 0.717) is 17.1 Å². The van der Waals surface area contributed by atoms with Gasteiger partial charge in [0.05, 0.1) is 28.8 Å². The van der Waals surface area contributed by atoms with Crippen LogP contribution in [0.25, 0.3) is 0 Å². The van der Waals surface area contributed by atoms with Gasteiger partial charge in [-0.25, -0.2) is 8.42 Å². The average molecular weight is 658 g/mol. The van der Waals surface area contributed by atoms with Gasteiger partial charge in [0, 0.05) is 23.5 Å². The van der Waals surface area contributed by atoms with Crippen LogP contribution < -0.4 is 19.3 Å². The van der Waals surface area contributed by atoms with Crippen LogP contribution in [0, 0.1) is 6.92 Å². The molecule has 0 saturated heterocycles. The summed E-state index contributed by atoms with van der Waals surface area (Å²) in [6.07, 6.45) is -5.93. The molecule has 0 radical (unpaired) electrons. The minimum atomic E-state index is -4.71. The number of sulfonamides is 1. The van der Waals surface area contributed by atoms with Crippen molar-refractivity contribution in [3.05, 3.63) is 149 Å². The number of alkyl halides is 3. The average Bonchev–Trinajstić information content (AvgIpc) is 3.06. The molecular formula is C36H30F3N3O4S. The SMILES string of the molecule is COc1ccc(NS(=O)(=O)c2ccc3c(c2)C(=O)N(c2ccc(C)cc2)[C@@H](c2ccccc2C(F)(F)F)N3Cc2ccccc2)cc1. The lowest BCUT2D eigenvalue weighted by atomic mass is 9.95. The topological polar surface area (TPSA) is 78.9 Å². The molecule has 1 aliphatic heterocycles. The third-order valence-electron chi connectivity index (χ3n) is 7.97. The number of nitrogens with zero attached hydrogens (tertiary/aromatic N) is 2. The van der Waals surface area contributed by atoms with Crippen molar-refractivity contribution in [1.29, 1.82) is 0 Å². The summed E-state index contributed by atoms with van der Waals surface area (Å²) in [5, 5.41) is 0. The van der Waals surface area contributed by atoms with Crippen LogP contribution in [0.1, 0.15) is 38.8 Å². The molecule has 0 spiro atoms. The first-order chi connectivity index (χ1) is 22.5. The number of carbonyl (C=O) groups excluding carboxylic acids is 1. The molecule has 0 saturated carbocycles. The molecule has 0 aliphatic carbocycles. The van der Waals surface area contributed by atoms with Gasteiger partial charge in [-0.15, -0.1) is 0 Å². The molecule has 240 valence electrons. The number of amides is 1. The molecule has 0 aromatic heterocycles. The van der Waals surface area contributed by atoms with Crippen molar-refractivity contribution >= 4 is 33.0 Å². The smallest absolute Gasteiger partial charge is 0.416 e. The summed E-state index contributed by atoms with van der Waals surface area (Å²) in [4.78, 5) is 17.4. The number of hydrogen-bond donors (Lipinski definition) is 1. The Morgan fingerprint density at radius 2 is 1.49 bits per heavy atom. The quantitative estimate of drug-likeness (QED) is 0.182. The molecule has 5 aromatic carbocycles. The number of aryl methyl sites for hydroxylation is 1. The number of hydrogen-bond acceptors (Lipinski definition) is 5. The van der Waals surface area contributed by atoms with Gasteiger partial charge < -0.3 is 9.64 Å². The van der Waals surface area contributed by atoms with Crippen LogP contribution >= 0.6 is 0 Å². The van der Waals surface area contributed by atoms with Gasteiger partial charge in [-0.2, -0.15) is 13.2 Å². The van der Waals surface area contributed by atoms with Crippen molar-refractivity contribution in [2.24, 2.45) is 0 Å². The third kappa shape index (κ3) is 6.39. The zero-order chi connectivity index (χ0) is 33.3. The Kier molecular flexibility index (Phi) is 8.42. The van der Waals surface area contributed by atoms with Crippen LogP contribution in [-0.2, 0) is 22.7 Å². The second kappa shape index (κ2) is 12.5. The molecule has 0 unspecified atom stereocenters. The summed E-state index contributed by atoms with van der Waals surface area (Å²) in [7, 11) is -2.68. The Labute approximate surface area is 270 Å². The lowest BCUT2D eigenvalue weighted by molar-refractivity contribution is -0.138. The Balaban J connectivity index is 1.55. The van der Waals surface area contributed by atoms with E-state index in [9.17, 15) is 26.4 Å². The lowest BCUT2D eigenvalue weighted by Gasteiger charge is -2.46. The molecule has 7 nitrogen and oxygen atoms in total. The van der Waals surface area contributed by atoms with Crippen molar-refractivity contribution in [2.45, 2.75) is 30.7 Å². The van der Waals surface area contributed by atoms with E-state index in [2.05, 4.69) is 4.72 Å². The molecule has 47 heavy (non-hydrogen) atoms. The summed E-state index contributed by atoms with van der Waals surface area (Å²) in [6, 6.07) is 31.7. The van der Waals surface area contributed by atoms with Gasteiger partial charge in [0.1, 0.15) is 11.9 Å². The number of carbonyl (C=O) groups is 1. The molecule has 1 aliphatic rings. The fourth-order valence-electron chi connectivity index (χ4n) is 5.69. The summed E-state index contributed by atoms with van der Waals surface area (Å²) >= 11 is 0. The molecule has 1 heterocycles. The van der Waals surface area contributed by atoms with Crippen molar-refractivity contribution in [3.8, 4) is 5.75 Å². The highest BCUT2D eigenvalue weighted by molar-refractivity contribution is 7.92. The maximum absolute atomic E-state index is 14.5. The predicted molar refractivity (Wildman–Crippen MR) is 175 cm³/mol. The number of ether oxygens (including phenoxy) is 1. The Morgan fingerprint density at radius 1 is 0.830 bits per heavy atom.